The van der Waals surface area contributed by atoms with E-state index in [9.17, 15) is 23.3 Å². The molecular formula is C50H56ClN7O8S. The predicted octanol–water partition coefficient (Wildman–Crippen LogP) is 8.84. The second kappa shape index (κ2) is 18.2. The van der Waals surface area contributed by atoms with Crippen LogP contribution in [-0.4, -0.2) is 110 Å². The van der Waals surface area contributed by atoms with Crippen LogP contribution >= 0.6 is 11.6 Å². The number of allylic oxidation sites excluding steroid dienone is 1. The smallest absolute Gasteiger partial charge is 0.312 e. The van der Waals surface area contributed by atoms with Gasteiger partial charge in [0.2, 0.25) is 0 Å². The summed E-state index contributed by atoms with van der Waals surface area (Å²) < 4.78 is 47.7. The Kier molecular flexibility index (Phi) is 12.3. The number of aromatic amines is 1. The maximum Gasteiger partial charge on any atom is 0.312 e. The van der Waals surface area contributed by atoms with E-state index in [1.807, 2.05) is 18.2 Å². The van der Waals surface area contributed by atoms with Crippen LogP contribution in [0.5, 0.6) is 17.2 Å². The number of carbonyl (C=O) groups is 1. The molecule has 67 heavy (non-hydrogen) atoms. The minimum absolute atomic E-state index is 0.00588. The van der Waals surface area contributed by atoms with Crippen molar-refractivity contribution in [3.8, 4) is 17.2 Å². The van der Waals surface area contributed by atoms with Gasteiger partial charge in [0.15, 0.2) is 5.75 Å². The third-order valence-corrected chi connectivity index (χ3v) is 16.0. The van der Waals surface area contributed by atoms with Crippen molar-refractivity contribution in [3.05, 3.63) is 117 Å². The molecule has 2 aromatic heterocycles. The number of nitro groups is 1. The molecule has 17 heteroatoms. The van der Waals surface area contributed by atoms with Crippen LogP contribution in [-0.2, 0) is 14.8 Å². The highest BCUT2D eigenvalue weighted by Crippen LogP contribution is 2.51. The van der Waals surface area contributed by atoms with Gasteiger partial charge in [0.25, 0.3) is 15.9 Å². The summed E-state index contributed by atoms with van der Waals surface area (Å²) in [4.78, 5) is 39.9. The van der Waals surface area contributed by atoms with Crippen molar-refractivity contribution in [2.24, 2.45) is 10.8 Å². The first-order valence-corrected chi connectivity index (χ1v) is 25.1. The molecular weight excluding hydrogens is 894 g/mol. The summed E-state index contributed by atoms with van der Waals surface area (Å²) in [5, 5.41) is 13.8. The Morgan fingerprint density at radius 3 is 2.49 bits per heavy atom. The van der Waals surface area contributed by atoms with Crippen LogP contribution in [0, 0.1) is 20.9 Å². The molecule has 2 aliphatic carbocycles. The first kappa shape index (κ1) is 45.3. The number of pyridine rings is 1. The lowest BCUT2D eigenvalue weighted by atomic mass is 9.61. The number of fused-ring (bicyclic) bond motifs is 1. The number of sulfonamides is 1. The molecule has 4 fully saturated rings. The number of hydrogen-bond donors (Lipinski definition) is 2. The molecule has 0 unspecified atom stereocenters. The molecule has 1 amide bonds. The summed E-state index contributed by atoms with van der Waals surface area (Å²) >= 11 is 6.25. The highest BCUT2D eigenvalue weighted by atomic mass is 35.5. The molecule has 1 saturated carbocycles. The van der Waals surface area contributed by atoms with Gasteiger partial charge < -0.3 is 24.1 Å². The van der Waals surface area contributed by atoms with Crippen molar-refractivity contribution in [1.82, 2.24) is 24.5 Å². The van der Waals surface area contributed by atoms with Crippen molar-refractivity contribution < 1.29 is 32.3 Å². The molecule has 3 aromatic carbocycles. The maximum absolute atomic E-state index is 14.0. The number of nitro benzene ring substituents is 1. The van der Waals surface area contributed by atoms with Crippen LogP contribution in [0.2, 0.25) is 5.02 Å². The van der Waals surface area contributed by atoms with Crippen LogP contribution in [0.3, 0.4) is 0 Å². The van der Waals surface area contributed by atoms with Gasteiger partial charge in [-0.15, -0.1) is 0 Å². The van der Waals surface area contributed by atoms with E-state index in [-0.39, 0.29) is 34.0 Å². The Balaban J connectivity index is 0.831. The zero-order chi connectivity index (χ0) is 46.5. The van der Waals surface area contributed by atoms with E-state index in [1.54, 1.807) is 30.5 Å². The predicted molar refractivity (Wildman–Crippen MR) is 257 cm³/mol. The summed E-state index contributed by atoms with van der Waals surface area (Å²) in [7, 11) is -4.59. The van der Waals surface area contributed by atoms with E-state index in [0.29, 0.717) is 17.4 Å². The molecule has 3 saturated heterocycles. The highest BCUT2D eigenvalue weighted by Gasteiger charge is 2.55. The van der Waals surface area contributed by atoms with E-state index in [1.165, 1.54) is 35.0 Å². The monoisotopic (exact) mass is 949 g/mol. The molecule has 15 nitrogen and oxygen atoms in total. The summed E-state index contributed by atoms with van der Waals surface area (Å²) in [6.45, 7) is 12.2. The zero-order valence-corrected chi connectivity index (χ0v) is 39.4. The Morgan fingerprint density at radius 2 is 1.75 bits per heavy atom. The number of H-pyrrole nitrogens is 1. The van der Waals surface area contributed by atoms with Crippen molar-refractivity contribution in [2.75, 3.05) is 63.9 Å². The van der Waals surface area contributed by atoms with Gasteiger partial charge in [0.1, 0.15) is 23.3 Å². The summed E-state index contributed by atoms with van der Waals surface area (Å²) in [6, 6.07) is 20.9. The second-order valence-electron chi connectivity index (χ2n) is 19.8. The Hall–Kier alpha value is -5.52. The number of benzene rings is 3. The Morgan fingerprint density at radius 1 is 0.985 bits per heavy atom. The molecule has 0 radical (unpaired) electrons. The quantitative estimate of drug-likeness (QED) is 0.0850. The lowest BCUT2D eigenvalue weighted by Crippen LogP contribution is -2.67. The van der Waals surface area contributed by atoms with Gasteiger partial charge in [-0.2, -0.15) is 0 Å². The number of ether oxygens (including phenoxy) is 3. The van der Waals surface area contributed by atoms with Crippen LogP contribution in [0.25, 0.3) is 16.6 Å². The number of rotatable bonds is 13. The van der Waals surface area contributed by atoms with E-state index in [4.69, 9.17) is 25.8 Å². The molecule has 0 bridgehead atoms. The number of anilines is 1. The number of halogens is 1. The number of hydrogen-bond acceptors (Lipinski definition) is 12. The van der Waals surface area contributed by atoms with Crippen molar-refractivity contribution in [3.63, 3.8) is 0 Å². The molecule has 352 valence electrons. The number of amides is 1. The third kappa shape index (κ3) is 9.77. The number of aromatic nitrogens is 2. The SMILES string of the molecule is CC1(C)CCC(CN2CCN(c3ccc(C(=O)NS(=O)(=O)c4ccc(OC5CC6(C5)CN(C5CCOCC5)C6)c([N+](=O)[O-])c4)c(Oc4cnc5[nH]ccc5c4)c3)CC2)=C(c2ccc(Cl)cc2)C1. The van der Waals surface area contributed by atoms with E-state index in [0.717, 1.165) is 126 Å². The molecule has 3 aliphatic heterocycles. The standard InChI is InChI=1S/C50H56ClN7O8S/c1-49(2)15-11-35(43(28-49)33-3-5-36(51)6-4-33)30-55-17-19-56(20-18-55)38-7-9-42(46(24-38)65-39-23-34-12-16-52-47(34)53-29-39)48(59)54-67(62,63)41-8-10-45(44(25-41)58(60)61)66-40-26-50(27-40)31-57(32-50)37-13-21-64-22-14-37/h3-10,12,16,23-25,29,37,40H,11,13-15,17-22,26-28,30-32H2,1-2H3,(H,52,53)(H,54,59). The van der Waals surface area contributed by atoms with Gasteiger partial charge in [0.05, 0.1) is 21.6 Å². The number of likely N-dealkylation sites (tertiary alicyclic amines) is 1. The van der Waals surface area contributed by atoms with Gasteiger partial charge in [-0.25, -0.2) is 18.1 Å². The van der Waals surface area contributed by atoms with Crippen LogP contribution in [0.4, 0.5) is 11.4 Å². The van der Waals surface area contributed by atoms with E-state index >= 15 is 0 Å². The second-order valence-corrected chi connectivity index (χ2v) is 21.9. The fraction of sp³-hybridized carbons (Fsp3) is 0.440. The fourth-order valence-electron chi connectivity index (χ4n) is 10.7. The molecule has 5 aliphatic rings. The van der Waals surface area contributed by atoms with Gasteiger partial charge >= 0.3 is 5.69 Å². The normalized spacial score (nSPS) is 20.4. The molecule has 0 atom stereocenters. The zero-order valence-electron chi connectivity index (χ0n) is 37.8. The van der Waals surface area contributed by atoms with Gasteiger partial charge in [-0.3, -0.25) is 24.7 Å². The lowest BCUT2D eigenvalue weighted by Gasteiger charge is -2.60. The van der Waals surface area contributed by atoms with Crippen LogP contribution in [0.1, 0.15) is 74.7 Å². The summed E-state index contributed by atoms with van der Waals surface area (Å²) in [5.74, 6) is -0.486. The van der Waals surface area contributed by atoms with Gasteiger partial charge in [-0.05, 0) is 110 Å². The lowest BCUT2D eigenvalue weighted by molar-refractivity contribution is -0.386. The molecule has 10 rings (SSSR count). The molecule has 5 aromatic rings. The van der Waals surface area contributed by atoms with Crippen LogP contribution < -0.4 is 19.1 Å². The summed E-state index contributed by atoms with van der Waals surface area (Å²) in [5.41, 5.74) is 5.42. The number of nitrogens with one attached hydrogen (secondary N) is 2. The maximum atomic E-state index is 14.0. The average molecular weight is 951 g/mol. The van der Waals surface area contributed by atoms with Gasteiger partial charge in [0, 0.05) is 105 Å². The number of piperazine rings is 1. The Labute approximate surface area is 395 Å². The minimum atomic E-state index is -4.59. The fourth-order valence-corrected chi connectivity index (χ4v) is 11.8. The first-order chi connectivity index (χ1) is 32.2. The number of nitrogens with zero attached hydrogens (tertiary/aromatic N) is 5. The highest BCUT2D eigenvalue weighted by molar-refractivity contribution is 7.90. The minimum Gasteiger partial charge on any atom is -0.483 e. The van der Waals surface area contributed by atoms with Crippen LogP contribution in [0.15, 0.2) is 95.7 Å². The molecule has 2 N–H and O–H groups in total. The molecule has 5 heterocycles. The van der Waals surface area contributed by atoms with E-state index in [2.05, 4.69) is 55.4 Å². The van der Waals surface area contributed by atoms with Crippen molar-refractivity contribution in [2.45, 2.75) is 75.8 Å². The molecule has 1 spiro atoms. The van der Waals surface area contributed by atoms with E-state index < -0.39 is 31.4 Å². The number of carbonyl (C=O) groups excluding carboxylic acids is 1. The van der Waals surface area contributed by atoms with Crippen molar-refractivity contribution >= 4 is 55.5 Å². The summed E-state index contributed by atoms with van der Waals surface area (Å²) in [6.07, 6.45) is 9.89. The van der Waals surface area contributed by atoms with Gasteiger partial charge in [-0.1, -0.05) is 43.2 Å². The third-order valence-electron chi connectivity index (χ3n) is 14.4. The topological polar surface area (TPSA) is 172 Å². The average Bonchev–Trinajstić information content (AvgIpc) is 3.76. The first-order valence-electron chi connectivity index (χ1n) is 23.2. The largest absolute Gasteiger partial charge is 0.483 e. The van der Waals surface area contributed by atoms with Crippen molar-refractivity contribution in [1.29, 1.82) is 0 Å². The Bertz CT molecular complexity index is 2820.